The summed E-state index contributed by atoms with van der Waals surface area (Å²) >= 11 is 6.03. The highest BCUT2D eigenvalue weighted by atomic mass is 35.5. The van der Waals surface area contributed by atoms with E-state index >= 15 is 0 Å². The molecule has 0 aliphatic carbocycles. The van der Waals surface area contributed by atoms with Crippen molar-refractivity contribution in [2.24, 2.45) is 0 Å². The van der Waals surface area contributed by atoms with Crippen LogP contribution in [0.4, 0.5) is 4.39 Å². The standard InChI is InChI=1S/C12H15ClFN/c13-11-5-7-15(8-6-11)9-10-1-3-12(14)4-2-10/h1-4,11H,5-9H2. The molecule has 82 valence electrons. The summed E-state index contributed by atoms with van der Waals surface area (Å²) in [7, 11) is 0. The first-order valence-corrected chi connectivity index (χ1v) is 5.78. The van der Waals surface area contributed by atoms with E-state index in [1.807, 2.05) is 12.1 Å². The summed E-state index contributed by atoms with van der Waals surface area (Å²) in [6.45, 7) is 3.00. The van der Waals surface area contributed by atoms with E-state index in [0.29, 0.717) is 5.38 Å². The molecule has 1 aromatic rings. The fraction of sp³-hybridized carbons (Fsp3) is 0.500. The van der Waals surface area contributed by atoms with Crippen LogP contribution in [-0.2, 0) is 6.54 Å². The Bertz CT molecular complexity index is 304. The zero-order chi connectivity index (χ0) is 10.7. The van der Waals surface area contributed by atoms with Gasteiger partial charge in [-0.15, -0.1) is 11.6 Å². The van der Waals surface area contributed by atoms with Gasteiger partial charge in [0.25, 0.3) is 0 Å². The summed E-state index contributed by atoms with van der Waals surface area (Å²) in [6, 6.07) is 6.73. The van der Waals surface area contributed by atoms with Gasteiger partial charge in [0.15, 0.2) is 0 Å². The second-order valence-corrected chi connectivity index (χ2v) is 4.69. The number of rotatable bonds is 2. The summed E-state index contributed by atoms with van der Waals surface area (Å²) in [5, 5.41) is 0.342. The van der Waals surface area contributed by atoms with Crippen LogP contribution in [0.5, 0.6) is 0 Å². The number of nitrogens with zero attached hydrogens (tertiary/aromatic N) is 1. The summed E-state index contributed by atoms with van der Waals surface area (Å²) in [5.41, 5.74) is 1.17. The third-order valence-corrected chi connectivity index (χ3v) is 3.27. The minimum Gasteiger partial charge on any atom is -0.299 e. The molecule has 0 saturated carbocycles. The summed E-state index contributed by atoms with van der Waals surface area (Å²) in [6.07, 6.45) is 2.12. The van der Waals surface area contributed by atoms with Gasteiger partial charge in [-0.25, -0.2) is 4.39 Å². The molecule has 0 aromatic heterocycles. The van der Waals surface area contributed by atoms with E-state index in [-0.39, 0.29) is 5.82 Å². The van der Waals surface area contributed by atoms with Gasteiger partial charge >= 0.3 is 0 Å². The highest BCUT2D eigenvalue weighted by Crippen LogP contribution is 2.17. The molecule has 15 heavy (non-hydrogen) atoms. The highest BCUT2D eigenvalue weighted by Gasteiger charge is 2.16. The van der Waals surface area contributed by atoms with E-state index < -0.39 is 0 Å². The summed E-state index contributed by atoms with van der Waals surface area (Å²) in [4.78, 5) is 2.37. The quantitative estimate of drug-likeness (QED) is 0.702. The Morgan fingerprint density at radius 3 is 2.40 bits per heavy atom. The Hall–Kier alpha value is -0.600. The topological polar surface area (TPSA) is 3.24 Å². The van der Waals surface area contributed by atoms with E-state index in [4.69, 9.17) is 11.6 Å². The second kappa shape index (κ2) is 4.95. The molecule has 1 aromatic carbocycles. The van der Waals surface area contributed by atoms with Crippen molar-refractivity contribution in [1.82, 2.24) is 4.90 Å². The van der Waals surface area contributed by atoms with E-state index in [9.17, 15) is 4.39 Å². The average Bonchev–Trinajstić information content (AvgIpc) is 2.25. The minimum atomic E-state index is -0.168. The summed E-state index contributed by atoms with van der Waals surface area (Å²) in [5.74, 6) is -0.168. The van der Waals surface area contributed by atoms with E-state index in [1.165, 1.54) is 17.7 Å². The molecule has 0 unspecified atom stereocenters. The summed E-state index contributed by atoms with van der Waals surface area (Å²) < 4.78 is 12.7. The number of likely N-dealkylation sites (tertiary alicyclic amines) is 1. The lowest BCUT2D eigenvalue weighted by molar-refractivity contribution is 0.223. The van der Waals surface area contributed by atoms with Crippen molar-refractivity contribution in [3.8, 4) is 0 Å². The van der Waals surface area contributed by atoms with Crippen LogP contribution >= 0.6 is 11.6 Å². The SMILES string of the molecule is Fc1ccc(CN2CCC(Cl)CC2)cc1. The minimum absolute atomic E-state index is 0.168. The maximum absolute atomic E-state index is 12.7. The first-order valence-electron chi connectivity index (χ1n) is 5.35. The zero-order valence-electron chi connectivity index (χ0n) is 8.63. The first-order chi connectivity index (χ1) is 7.24. The van der Waals surface area contributed by atoms with Gasteiger partial charge in [0, 0.05) is 11.9 Å². The average molecular weight is 228 g/mol. The van der Waals surface area contributed by atoms with Crippen LogP contribution in [0.25, 0.3) is 0 Å². The van der Waals surface area contributed by atoms with Gasteiger partial charge in [0.05, 0.1) is 0 Å². The Labute approximate surface area is 94.8 Å². The normalized spacial score (nSPS) is 19.3. The number of piperidine rings is 1. The molecule has 1 saturated heterocycles. The molecule has 1 heterocycles. The maximum atomic E-state index is 12.7. The van der Waals surface area contributed by atoms with Crippen molar-refractivity contribution in [2.75, 3.05) is 13.1 Å². The van der Waals surface area contributed by atoms with Crippen LogP contribution in [0.1, 0.15) is 18.4 Å². The van der Waals surface area contributed by atoms with Gasteiger partial charge in [-0.3, -0.25) is 4.90 Å². The van der Waals surface area contributed by atoms with Crippen LogP contribution in [0.15, 0.2) is 24.3 Å². The fourth-order valence-corrected chi connectivity index (χ4v) is 2.10. The number of alkyl halides is 1. The molecular weight excluding hydrogens is 213 g/mol. The largest absolute Gasteiger partial charge is 0.299 e. The number of halogens is 2. The monoisotopic (exact) mass is 227 g/mol. The van der Waals surface area contributed by atoms with Crippen LogP contribution in [0.3, 0.4) is 0 Å². The molecule has 1 nitrogen and oxygen atoms in total. The molecule has 2 rings (SSSR count). The third kappa shape index (κ3) is 3.18. The van der Waals surface area contributed by atoms with E-state index in [0.717, 1.165) is 32.5 Å². The van der Waals surface area contributed by atoms with Crippen molar-refractivity contribution >= 4 is 11.6 Å². The smallest absolute Gasteiger partial charge is 0.123 e. The lowest BCUT2D eigenvalue weighted by atomic mass is 10.1. The molecule has 0 atom stereocenters. The van der Waals surface area contributed by atoms with Crippen LogP contribution in [-0.4, -0.2) is 23.4 Å². The Morgan fingerprint density at radius 1 is 1.20 bits per heavy atom. The van der Waals surface area contributed by atoms with Gasteiger partial charge in [-0.1, -0.05) is 12.1 Å². The Kier molecular flexibility index (Phi) is 3.60. The van der Waals surface area contributed by atoms with E-state index in [2.05, 4.69) is 4.90 Å². The molecule has 0 bridgehead atoms. The molecule has 1 fully saturated rings. The van der Waals surface area contributed by atoms with E-state index in [1.54, 1.807) is 0 Å². The lowest BCUT2D eigenvalue weighted by Crippen LogP contribution is -2.33. The van der Waals surface area contributed by atoms with Gasteiger partial charge in [-0.05, 0) is 43.6 Å². The molecular formula is C12H15ClFN. The predicted molar refractivity (Wildman–Crippen MR) is 60.6 cm³/mol. The van der Waals surface area contributed by atoms with Crippen LogP contribution < -0.4 is 0 Å². The highest BCUT2D eigenvalue weighted by molar-refractivity contribution is 6.20. The van der Waals surface area contributed by atoms with Crippen molar-refractivity contribution in [2.45, 2.75) is 24.8 Å². The second-order valence-electron chi connectivity index (χ2n) is 4.08. The fourth-order valence-electron chi connectivity index (χ4n) is 1.91. The maximum Gasteiger partial charge on any atom is 0.123 e. The van der Waals surface area contributed by atoms with Gasteiger partial charge < -0.3 is 0 Å². The molecule has 1 aliphatic rings. The van der Waals surface area contributed by atoms with Gasteiger partial charge in [-0.2, -0.15) is 0 Å². The molecule has 3 heteroatoms. The van der Waals surface area contributed by atoms with Crippen LogP contribution in [0.2, 0.25) is 0 Å². The number of benzene rings is 1. The molecule has 0 radical (unpaired) electrons. The Morgan fingerprint density at radius 2 is 1.80 bits per heavy atom. The van der Waals surface area contributed by atoms with Crippen molar-refractivity contribution in [3.63, 3.8) is 0 Å². The molecule has 0 amide bonds. The molecule has 0 spiro atoms. The molecule has 0 N–H and O–H groups in total. The zero-order valence-corrected chi connectivity index (χ0v) is 9.38. The van der Waals surface area contributed by atoms with Crippen molar-refractivity contribution < 1.29 is 4.39 Å². The van der Waals surface area contributed by atoms with Crippen LogP contribution in [0, 0.1) is 5.82 Å². The lowest BCUT2D eigenvalue weighted by Gasteiger charge is -2.29. The van der Waals surface area contributed by atoms with Gasteiger partial charge in [0.1, 0.15) is 5.82 Å². The predicted octanol–water partition coefficient (Wildman–Crippen LogP) is 3.03. The van der Waals surface area contributed by atoms with Gasteiger partial charge in [0.2, 0.25) is 0 Å². The number of hydrogen-bond acceptors (Lipinski definition) is 1. The van der Waals surface area contributed by atoms with Crippen molar-refractivity contribution in [3.05, 3.63) is 35.6 Å². The first kappa shape index (κ1) is 10.9. The number of hydrogen-bond donors (Lipinski definition) is 0. The third-order valence-electron chi connectivity index (χ3n) is 2.84. The van der Waals surface area contributed by atoms with Crippen molar-refractivity contribution in [1.29, 1.82) is 0 Å². The molecule has 1 aliphatic heterocycles. The Balaban J connectivity index is 1.89.